The second kappa shape index (κ2) is 4.45. The summed E-state index contributed by atoms with van der Waals surface area (Å²) in [7, 11) is 0. The number of nitrogens with one attached hydrogen (secondary N) is 1. The first-order valence-corrected chi connectivity index (χ1v) is 5.30. The van der Waals surface area contributed by atoms with Crippen LogP contribution in [0.2, 0.25) is 0 Å². The highest BCUT2D eigenvalue weighted by atomic mass is 16.4. The molecule has 0 saturated carbocycles. The van der Waals surface area contributed by atoms with E-state index in [1.165, 1.54) is 0 Å². The minimum Gasteiger partial charge on any atom is -0.480 e. The zero-order valence-electron chi connectivity index (χ0n) is 8.52. The Bertz CT molecular complexity index is 337. The largest absolute Gasteiger partial charge is 0.480 e. The summed E-state index contributed by atoms with van der Waals surface area (Å²) >= 11 is 0. The van der Waals surface area contributed by atoms with Crippen molar-refractivity contribution < 1.29 is 9.90 Å². The Hall–Kier alpha value is -1.35. The number of rotatable bonds is 2. The second-order valence-electron chi connectivity index (χ2n) is 3.93. The molecule has 1 heterocycles. The zero-order chi connectivity index (χ0) is 10.7. The van der Waals surface area contributed by atoms with Crippen LogP contribution in [0.4, 0.5) is 0 Å². The molecule has 0 aromatic heterocycles. The molecule has 0 bridgehead atoms. The monoisotopic (exact) mass is 205 g/mol. The van der Waals surface area contributed by atoms with E-state index >= 15 is 0 Å². The summed E-state index contributed by atoms with van der Waals surface area (Å²) in [4.78, 5) is 11.1. The first-order valence-electron chi connectivity index (χ1n) is 5.30. The molecule has 1 aromatic rings. The Morgan fingerprint density at radius 1 is 1.33 bits per heavy atom. The molecule has 3 heteroatoms. The molecule has 1 aliphatic heterocycles. The molecule has 1 saturated heterocycles. The highest BCUT2D eigenvalue weighted by Crippen LogP contribution is 2.27. The fourth-order valence-electron chi connectivity index (χ4n) is 2.21. The molecule has 3 nitrogen and oxygen atoms in total. The van der Waals surface area contributed by atoms with Crippen LogP contribution in [0.5, 0.6) is 0 Å². The quantitative estimate of drug-likeness (QED) is 0.771. The van der Waals surface area contributed by atoms with Gasteiger partial charge in [0, 0.05) is 5.92 Å². The van der Waals surface area contributed by atoms with Crippen LogP contribution in [0, 0.1) is 0 Å². The molecule has 1 aromatic carbocycles. The maximum absolute atomic E-state index is 11.1. The van der Waals surface area contributed by atoms with Crippen molar-refractivity contribution in [2.45, 2.75) is 24.8 Å². The Balaban J connectivity index is 2.22. The summed E-state index contributed by atoms with van der Waals surface area (Å²) in [5, 5.41) is 12.2. The minimum atomic E-state index is -0.747. The van der Waals surface area contributed by atoms with Crippen LogP contribution >= 0.6 is 0 Å². The standard InChI is InChI=1S/C12H15NO2/c14-12(15)11-10(7-4-8-13-11)9-5-2-1-3-6-9/h1-3,5-6,10-11,13H,4,7-8H2,(H,14,15)/t10-,11+/m1/s1. The van der Waals surface area contributed by atoms with Gasteiger partial charge in [0.25, 0.3) is 0 Å². The molecule has 0 unspecified atom stereocenters. The normalized spacial score (nSPS) is 26.1. The third kappa shape index (κ3) is 2.18. The van der Waals surface area contributed by atoms with Crippen molar-refractivity contribution in [3.05, 3.63) is 35.9 Å². The van der Waals surface area contributed by atoms with E-state index in [0.29, 0.717) is 0 Å². The molecule has 2 N–H and O–H groups in total. The smallest absolute Gasteiger partial charge is 0.321 e. The van der Waals surface area contributed by atoms with Crippen LogP contribution < -0.4 is 5.32 Å². The van der Waals surface area contributed by atoms with E-state index in [4.69, 9.17) is 5.11 Å². The molecular weight excluding hydrogens is 190 g/mol. The number of hydrogen-bond donors (Lipinski definition) is 2. The summed E-state index contributed by atoms with van der Waals surface area (Å²) in [5.41, 5.74) is 1.12. The van der Waals surface area contributed by atoms with Gasteiger partial charge in [-0.3, -0.25) is 4.79 Å². The lowest BCUT2D eigenvalue weighted by molar-refractivity contribution is -0.140. The lowest BCUT2D eigenvalue weighted by Crippen LogP contribution is -2.45. The molecule has 2 atom stereocenters. The Labute approximate surface area is 89.1 Å². The van der Waals surface area contributed by atoms with Crippen LogP contribution in [0.25, 0.3) is 0 Å². The average molecular weight is 205 g/mol. The third-order valence-corrected chi connectivity index (χ3v) is 2.95. The number of carbonyl (C=O) groups is 1. The predicted molar refractivity (Wildman–Crippen MR) is 57.8 cm³/mol. The van der Waals surface area contributed by atoms with Crippen LogP contribution in [0.15, 0.2) is 30.3 Å². The highest BCUT2D eigenvalue weighted by molar-refractivity contribution is 5.75. The predicted octanol–water partition coefficient (Wildman–Crippen LogP) is 1.61. The first kappa shape index (κ1) is 10.2. The zero-order valence-corrected chi connectivity index (χ0v) is 8.52. The van der Waals surface area contributed by atoms with Crippen LogP contribution in [-0.2, 0) is 4.79 Å². The van der Waals surface area contributed by atoms with Gasteiger partial charge in [-0.05, 0) is 24.9 Å². The number of hydrogen-bond acceptors (Lipinski definition) is 2. The van der Waals surface area contributed by atoms with Gasteiger partial charge in [0.2, 0.25) is 0 Å². The third-order valence-electron chi connectivity index (χ3n) is 2.95. The second-order valence-corrected chi connectivity index (χ2v) is 3.93. The Kier molecular flexibility index (Phi) is 3.02. The summed E-state index contributed by atoms with van der Waals surface area (Å²) in [6.07, 6.45) is 2.00. The first-order chi connectivity index (χ1) is 7.29. The van der Waals surface area contributed by atoms with Gasteiger partial charge in [0.1, 0.15) is 6.04 Å². The lowest BCUT2D eigenvalue weighted by Gasteiger charge is -2.29. The molecule has 80 valence electrons. The maximum Gasteiger partial charge on any atom is 0.321 e. The maximum atomic E-state index is 11.1. The van der Waals surface area contributed by atoms with Crippen molar-refractivity contribution in [2.24, 2.45) is 0 Å². The SMILES string of the molecule is O=C(O)[C@H]1NCCC[C@@H]1c1ccccc1. The summed E-state index contributed by atoms with van der Waals surface area (Å²) in [6.45, 7) is 0.806. The van der Waals surface area contributed by atoms with E-state index in [0.717, 1.165) is 24.9 Å². The Morgan fingerprint density at radius 3 is 2.73 bits per heavy atom. The molecule has 0 radical (unpaired) electrons. The molecule has 0 aliphatic carbocycles. The van der Waals surface area contributed by atoms with E-state index in [1.807, 2.05) is 30.3 Å². The van der Waals surface area contributed by atoms with Gasteiger partial charge in [-0.2, -0.15) is 0 Å². The van der Waals surface area contributed by atoms with E-state index in [2.05, 4.69) is 5.32 Å². The number of carboxylic acids is 1. The van der Waals surface area contributed by atoms with E-state index in [9.17, 15) is 4.79 Å². The van der Waals surface area contributed by atoms with Crippen LogP contribution in [0.3, 0.4) is 0 Å². The van der Waals surface area contributed by atoms with Crippen molar-refractivity contribution in [1.29, 1.82) is 0 Å². The number of carboxylic acid groups (broad SMARTS) is 1. The van der Waals surface area contributed by atoms with E-state index in [-0.39, 0.29) is 5.92 Å². The van der Waals surface area contributed by atoms with Crippen molar-refractivity contribution in [3.8, 4) is 0 Å². The van der Waals surface area contributed by atoms with Gasteiger partial charge in [0.15, 0.2) is 0 Å². The van der Waals surface area contributed by atoms with Gasteiger partial charge in [0.05, 0.1) is 0 Å². The van der Waals surface area contributed by atoms with Crippen LogP contribution in [0.1, 0.15) is 24.3 Å². The van der Waals surface area contributed by atoms with Gasteiger partial charge < -0.3 is 10.4 Å². The molecular formula is C12H15NO2. The van der Waals surface area contributed by atoms with Crippen molar-refractivity contribution in [3.63, 3.8) is 0 Å². The van der Waals surface area contributed by atoms with Gasteiger partial charge in [-0.25, -0.2) is 0 Å². The number of aliphatic carboxylic acids is 1. The molecule has 1 aliphatic rings. The van der Waals surface area contributed by atoms with Gasteiger partial charge in [-0.15, -0.1) is 0 Å². The fraction of sp³-hybridized carbons (Fsp3) is 0.417. The lowest BCUT2D eigenvalue weighted by atomic mass is 9.85. The summed E-state index contributed by atoms with van der Waals surface area (Å²) in [6, 6.07) is 9.46. The fourth-order valence-corrected chi connectivity index (χ4v) is 2.21. The summed E-state index contributed by atoms with van der Waals surface area (Å²) in [5.74, 6) is -0.638. The molecule has 0 spiro atoms. The molecule has 2 rings (SSSR count). The number of piperidine rings is 1. The minimum absolute atomic E-state index is 0.109. The summed E-state index contributed by atoms with van der Waals surface area (Å²) < 4.78 is 0. The molecule has 0 amide bonds. The van der Waals surface area contributed by atoms with Crippen molar-refractivity contribution in [1.82, 2.24) is 5.32 Å². The van der Waals surface area contributed by atoms with E-state index < -0.39 is 12.0 Å². The highest BCUT2D eigenvalue weighted by Gasteiger charge is 2.31. The van der Waals surface area contributed by atoms with Crippen molar-refractivity contribution >= 4 is 5.97 Å². The van der Waals surface area contributed by atoms with E-state index in [1.54, 1.807) is 0 Å². The Morgan fingerprint density at radius 2 is 2.07 bits per heavy atom. The molecule has 15 heavy (non-hydrogen) atoms. The molecule has 1 fully saturated rings. The van der Waals surface area contributed by atoms with Crippen LogP contribution in [-0.4, -0.2) is 23.7 Å². The van der Waals surface area contributed by atoms with Crippen molar-refractivity contribution in [2.75, 3.05) is 6.54 Å². The van der Waals surface area contributed by atoms with Gasteiger partial charge in [-0.1, -0.05) is 30.3 Å². The average Bonchev–Trinajstić information content (AvgIpc) is 2.30. The van der Waals surface area contributed by atoms with Gasteiger partial charge >= 0.3 is 5.97 Å². The number of benzene rings is 1. The topological polar surface area (TPSA) is 49.3 Å².